The Balaban J connectivity index is 1.98. The molecule has 0 saturated heterocycles. The van der Waals surface area contributed by atoms with E-state index < -0.39 is 11.7 Å². The van der Waals surface area contributed by atoms with Crippen LogP contribution in [0, 0.1) is 5.82 Å². The van der Waals surface area contributed by atoms with E-state index in [0.29, 0.717) is 4.34 Å². The van der Waals surface area contributed by atoms with Crippen molar-refractivity contribution in [1.29, 1.82) is 0 Å². The molecule has 1 heterocycles. The van der Waals surface area contributed by atoms with Crippen molar-refractivity contribution in [2.24, 2.45) is 5.10 Å². The molecular weight excluding hydrogens is 275 g/mol. The molecule has 2 rings (SSSR count). The number of thiophene rings is 1. The van der Waals surface area contributed by atoms with Gasteiger partial charge in [-0.25, -0.2) is 9.82 Å². The molecule has 0 radical (unpaired) electrons. The van der Waals surface area contributed by atoms with Crippen LogP contribution < -0.4 is 5.43 Å². The van der Waals surface area contributed by atoms with Crippen LogP contribution in [0.2, 0.25) is 4.34 Å². The van der Waals surface area contributed by atoms with Crippen molar-refractivity contribution in [2.45, 2.75) is 0 Å². The molecule has 0 aliphatic carbocycles. The van der Waals surface area contributed by atoms with E-state index in [-0.39, 0.29) is 5.56 Å². The standard InChI is InChI=1S/C12H8ClFN2OS/c13-11-5-4-10(18-11)7-15-16-12(17)8-2-1-3-9(14)6-8/h1-7H,(H,16,17). The number of hydrogen-bond acceptors (Lipinski definition) is 3. The molecule has 0 aliphatic heterocycles. The highest BCUT2D eigenvalue weighted by molar-refractivity contribution is 7.17. The van der Waals surface area contributed by atoms with Crippen molar-refractivity contribution in [2.75, 3.05) is 0 Å². The van der Waals surface area contributed by atoms with Crippen LogP contribution in [-0.2, 0) is 0 Å². The SMILES string of the molecule is O=C(NN=Cc1ccc(Cl)s1)c1cccc(F)c1. The van der Waals surface area contributed by atoms with Gasteiger partial charge in [0.05, 0.1) is 10.6 Å². The van der Waals surface area contributed by atoms with Crippen molar-refractivity contribution in [3.63, 3.8) is 0 Å². The van der Waals surface area contributed by atoms with Crippen molar-refractivity contribution < 1.29 is 9.18 Å². The predicted molar refractivity (Wildman–Crippen MR) is 70.8 cm³/mol. The zero-order valence-electron chi connectivity index (χ0n) is 9.06. The molecule has 0 bridgehead atoms. The quantitative estimate of drug-likeness (QED) is 0.681. The summed E-state index contributed by atoms with van der Waals surface area (Å²) in [7, 11) is 0. The fourth-order valence-electron chi connectivity index (χ4n) is 1.25. The third-order valence-electron chi connectivity index (χ3n) is 2.04. The summed E-state index contributed by atoms with van der Waals surface area (Å²) in [5.74, 6) is -0.926. The average molecular weight is 283 g/mol. The van der Waals surface area contributed by atoms with E-state index in [2.05, 4.69) is 10.5 Å². The van der Waals surface area contributed by atoms with Crippen LogP contribution in [0.15, 0.2) is 41.5 Å². The first-order valence-electron chi connectivity index (χ1n) is 4.99. The van der Waals surface area contributed by atoms with E-state index in [9.17, 15) is 9.18 Å². The molecule has 0 unspecified atom stereocenters. The normalized spacial score (nSPS) is 10.8. The van der Waals surface area contributed by atoms with Crippen LogP contribution in [0.1, 0.15) is 15.2 Å². The summed E-state index contributed by atoms with van der Waals surface area (Å²) in [5.41, 5.74) is 2.53. The van der Waals surface area contributed by atoms with Gasteiger partial charge in [0.15, 0.2) is 0 Å². The van der Waals surface area contributed by atoms with Gasteiger partial charge in [-0.2, -0.15) is 5.10 Å². The Hall–Kier alpha value is -1.72. The molecule has 92 valence electrons. The lowest BCUT2D eigenvalue weighted by Gasteiger charge is -1.98. The number of hydrazone groups is 1. The molecule has 0 spiro atoms. The first-order chi connectivity index (χ1) is 8.65. The predicted octanol–water partition coefficient (Wildman–Crippen LogP) is 3.30. The molecule has 2 aromatic rings. The lowest BCUT2D eigenvalue weighted by Crippen LogP contribution is -2.17. The summed E-state index contributed by atoms with van der Waals surface area (Å²) in [6, 6.07) is 8.91. The molecule has 6 heteroatoms. The van der Waals surface area contributed by atoms with Crippen molar-refractivity contribution in [1.82, 2.24) is 5.43 Å². The summed E-state index contributed by atoms with van der Waals surface area (Å²) in [4.78, 5) is 12.4. The second-order valence-electron chi connectivity index (χ2n) is 3.35. The summed E-state index contributed by atoms with van der Waals surface area (Å²) < 4.78 is 13.5. The third kappa shape index (κ3) is 3.38. The number of amides is 1. The highest BCUT2D eigenvalue weighted by Gasteiger charge is 2.04. The minimum absolute atomic E-state index is 0.219. The van der Waals surface area contributed by atoms with Gasteiger partial charge < -0.3 is 0 Å². The number of carbonyl (C=O) groups excluding carboxylic acids is 1. The third-order valence-corrected chi connectivity index (χ3v) is 3.20. The first-order valence-corrected chi connectivity index (χ1v) is 6.19. The first kappa shape index (κ1) is 12.7. The molecule has 1 aromatic carbocycles. The van der Waals surface area contributed by atoms with E-state index in [1.54, 1.807) is 12.1 Å². The van der Waals surface area contributed by atoms with Gasteiger partial charge >= 0.3 is 0 Å². The summed E-state index contributed by atoms with van der Waals surface area (Å²) in [6.45, 7) is 0. The highest BCUT2D eigenvalue weighted by Crippen LogP contribution is 2.19. The number of halogens is 2. The fourth-order valence-corrected chi connectivity index (χ4v) is 2.18. The fraction of sp³-hybridized carbons (Fsp3) is 0. The second kappa shape index (κ2) is 5.75. The Kier molecular flexibility index (Phi) is 4.07. The van der Waals surface area contributed by atoms with Crippen molar-refractivity contribution >= 4 is 35.1 Å². The monoisotopic (exact) mass is 282 g/mol. The van der Waals surface area contributed by atoms with Crippen LogP contribution in [0.4, 0.5) is 4.39 Å². The molecule has 1 aromatic heterocycles. The Bertz CT molecular complexity index is 597. The van der Waals surface area contributed by atoms with Crippen LogP contribution in [0.5, 0.6) is 0 Å². The minimum atomic E-state index is -0.464. The van der Waals surface area contributed by atoms with Crippen LogP contribution in [0.3, 0.4) is 0 Å². The Labute approximate surface area is 112 Å². The lowest BCUT2D eigenvalue weighted by molar-refractivity contribution is 0.0954. The summed E-state index contributed by atoms with van der Waals surface area (Å²) in [6.07, 6.45) is 1.48. The zero-order chi connectivity index (χ0) is 13.0. The van der Waals surface area contributed by atoms with Gasteiger partial charge in [0, 0.05) is 10.4 Å². The smallest absolute Gasteiger partial charge is 0.267 e. The number of nitrogens with zero attached hydrogens (tertiary/aromatic N) is 1. The van der Waals surface area contributed by atoms with Gasteiger partial charge in [0.2, 0.25) is 0 Å². The second-order valence-corrected chi connectivity index (χ2v) is 5.10. The average Bonchev–Trinajstić information content (AvgIpc) is 2.75. The molecule has 0 aliphatic rings. The van der Waals surface area contributed by atoms with Crippen LogP contribution in [0.25, 0.3) is 0 Å². The number of rotatable bonds is 3. The molecule has 18 heavy (non-hydrogen) atoms. The number of carbonyl (C=O) groups is 1. The highest BCUT2D eigenvalue weighted by atomic mass is 35.5. The molecule has 1 amide bonds. The van der Waals surface area contributed by atoms with Gasteiger partial charge in [-0.1, -0.05) is 17.7 Å². The molecule has 0 atom stereocenters. The van der Waals surface area contributed by atoms with Crippen molar-refractivity contribution in [3.05, 3.63) is 57.0 Å². The number of benzene rings is 1. The number of hydrogen-bond donors (Lipinski definition) is 1. The van der Waals surface area contributed by atoms with Gasteiger partial charge in [0.1, 0.15) is 5.82 Å². The summed E-state index contributed by atoms with van der Waals surface area (Å²) in [5, 5.41) is 3.77. The molecule has 3 nitrogen and oxygen atoms in total. The topological polar surface area (TPSA) is 41.5 Å². The Morgan fingerprint density at radius 3 is 2.89 bits per heavy atom. The summed E-state index contributed by atoms with van der Waals surface area (Å²) >= 11 is 7.09. The minimum Gasteiger partial charge on any atom is -0.267 e. The van der Waals surface area contributed by atoms with E-state index in [1.807, 2.05) is 0 Å². The molecule has 1 N–H and O–H groups in total. The van der Waals surface area contributed by atoms with E-state index in [0.717, 1.165) is 10.9 Å². The largest absolute Gasteiger partial charge is 0.271 e. The van der Waals surface area contributed by atoms with Gasteiger partial charge in [-0.3, -0.25) is 4.79 Å². The maximum atomic E-state index is 12.9. The van der Waals surface area contributed by atoms with Gasteiger partial charge in [-0.05, 0) is 30.3 Å². The van der Waals surface area contributed by atoms with Crippen LogP contribution in [-0.4, -0.2) is 12.1 Å². The maximum absolute atomic E-state index is 12.9. The Morgan fingerprint density at radius 1 is 1.39 bits per heavy atom. The number of nitrogens with one attached hydrogen (secondary N) is 1. The Morgan fingerprint density at radius 2 is 2.22 bits per heavy atom. The maximum Gasteiger partial charge on any atom is 0.271 e. The van der Waals surface area contributed by atoms with E-state index >= 15 is 0 Å². The molecule has 0 saturated carbocycles. The lowest BCUT2D eigenvalue weighted by atomic mass is 10.2. The van der Waals surface area contributed by atoms with E-state index in [4.69, 9.17) is 11.6 Å². The van der Waals surface area contributed by atoms with Gasteiger partial charge in [-0.15, -0.1) is 11.3 Å². The van der Waals surface area contributed by atoms with Crippen LogP contribution >= 0.6 is 22.9 Å². The van der Waals surface area contributed by atoms with Gasteiger partial charge in [0.25, 0.3) is 5.91 Å². The molecule has 0 fully saturated rings. The van der Waals surface area contributed by atoms with Crippen molar-refractivity contribution in [3.8, 4) is 0 Å². The molecular formula is C12H8ClFN2OS. The van der Waals surface area contributed by atoms with E-state index in [1.165, 1.54) is 35.8 Å². The zero-order valence-corrected chi connectivity index (χ0v) is 10.6.